The van der Waals surface area contributed by atoms with E-state index in [1.54, 1.807) is 0 Å². The Hall–Kier alpha value is -1.58. The Bertz CT molecular complexity index is 360. The number of aromatic nitrogens is 1. The molecule has 0 saturated heterocycles. The molecule has 4 heteroatoms. The highest BCUT2D eigenvalue weighted by Gasteiger charge is 2.06. The highest BCUT2D eigenvalue weighted by atomic mass is 19.1. The monoisotopic (exact) mass is 152 g/mol. The maximum atomic E-state index is 12.8. The van der Waals surface area contributed by atoms with Crippen molar-refractivity contribution >= 4 is 16.7 Å². The lowest BCUT2D eigenvalue weighted by Crippen LogP contribution is -1.85. The zero-order valence-electron chi connectivity index (χ0n) is 5.54. The van der Waals surface area contributed by atoms with E-state index in [-0.39, 0.29) is 5.82 Å². The quantitative estimate of drug-likeness (QED) is 0.582. The Morgan fingerprint density at radius 1 is 1.45 bits per heavy atom. The van der Waals surface area contributed by atoms with E-state index in [0.29, 0.717) is 16.7 Å². The summed E-state index contributed by atoms with van der Waals surface area (Å²) >= 11 is 0. The third kappa shape index (κ3) is 0.756. The van der Waals surface area contributed by atoms with E-state index in [1.807, 2.05) is 0 Å². The molecule has 56 valence electrons. The summed E-state index contributed by atoms with van der Waals surface area (Å²) in [7, 11) is 0. The minimum atomic E-state index is -0.365. The second-order valence-electron chi connectivity index (χ2n) is 2.21. The third-order valence-corrected chi connectivity index (χ3v) is 1.50. The Balaban J connectivity index is 2.96. The second kappa shape index (κ2) is 1.95. The van der Waals surface area contributed by atoms with Crippen LogP contribution in [0.3, 0.4) is 0 Å². The molecule has 0 fully saturated rings. The first-order chi connectivity index (χ1) is 5.29. The van der Waals surface area contributed by atoms with Crippen LogP contribution in [0.5, 0.6) is 0 Å². The van der Waals surface area contributed by atoms with Crippen molar-refractivity contribution in [1.29, 1.82) is 0 Å². The Morgan fingerprint density at radius 3 is 3.00 bits per heavy atom. The fourth-order valence-corrected chi connectivity index (χ4v) is 0.946. The summed E-state index contributed by atoms with van der Waals surface area (Å²) in [5, 5.41) is 3.75. The molecule has 0 atom stereocenters. The van der Waals surface area contributed by atoms with Crippen LogP contribution in [0.4, 0.5) is 10.1 Å². The molecule has 0 bridgehead atoms. The van der Waals surface area contributed by atoms with Gasteiger partial charge in [-0.15, -0.1) is 0 Å². The topological polar surface area (TPSA) is 52.0 Å². The molecule has 0 aliphatic carbocycles. The number of nitrogens with two attached hydrogens (primary N) is 1. The predicted octanol–water partition coefficient (Wildman–Crippen LogP) is 1.55. The smallest absolute Gasteiger partial charge is 0.192 e. The van der Waals surface area contributed by atoms with Crippen LogP contribution in [-0.4, -0.2) is 5.16 Å². The normalized spacial score (nSPS) is 10.6. The summed E-state index contributed by atoms with van der Waals surface area (Å²) < 4.78 is 17.6. The summed E-state index contributed by atoms with van der Waals surface area (Å²) in [6.07, 6.45) is 1.31. The Morgan fingerprint density at radius 2 is 2.27 bits per heavy atom. The van der Waals surface area contributed by atoms with Crippen molar-refractivity contribution in [3.8, 4) is 0 Å². The molecule has 0 amide bonds. The van der Waals surface area contributed by atoms with Gasteiger partial charge in [-0.1, -0.05) is 5.16 Å². The van der Waals surface area contributed by atoms with Gasteiger partial charge in [0.15, 0.2) is 5.58 Å². The minimum Gasteiger partial charge on any atom is -0.396 e. The molecule has 3 nitrogen and oxygen atoms in total. The van der Waals surface area contributed by atoms with Crippen LogP contribution in [0.25, 0.3) is 11.0 Å². The van der Waals surface area contributed by atoms with Gasteiger partial charge in [-0.2, -0.15) is 0 Å². The van der Waals surface area contributed by atoms with Crippen molar-refractivity contribution in [1.82, 2.24) is 5.16 Å². The van der Waals surface area contributed by atoms with Gasteiger partial charge in [0.05, 0.1) is 17.3 Å². The standard InChI is InChI=1S/C7H5FN2O/c8-5-1-2-6(9)7-4(5)3-10-11-7/h1-3H,9H2. The highest BCUT2D eigenvalue weighted by Crippen LogP contribution is 2.22. The van der Waals surface area contributed by atoms with Gasteiger partial charge in [-0.05, 0) is 12.1 Å². The molecule has 2 aromatic rings. The molecule has 0 spiro atoms. The first-order valence-electron chi connectivity index (χ1n) is 3.07. The van der Waals surface area contributed by atoms with E-state index in [4.69, 9.17) is 10.3 Å². The summed E-state index contributed by atoms with van der Waals surface area (Å²) in [4.78, 5) is 0. The van der Waals surface area contributed by atoms with Crippen LogP contribution in [0.1, 0.15) is 0 Å². The summed E-state index contributed by atoms with van der Waals surface area (Å²) in [6, 6.07) is 2.73. The summed E-state index contributed by atoms with van der Waals surface area (Å²) in [6.45, 7) is 0. The third-order valence-electron chi connectivity index (χ3n) is 1.50. The van der Waals surface area contributed by atoms with Gasteiger partial charge in [-0.3, -0.25) is 0 Å². The number of hydrogen-bond acceptors (Lipinski definition) is 3. The van der Waals surface area contributed by atoms with Gasteiger partial charge < -0.3 is 10.3 Å². The number of nitrogen functional groups attached to an aromatic ring is 1. The molecule has 2 N–H and O–H groups in total. The molecule has 2 rings (SSSR count). The fourth-order valence-electron chi connectivity index (χ4n) is 0.946. The Kier molecular flexibility index (Phi) is 1.09. The van der Waals surface area contributed by atoms with E-state index in [9.17, 15) is 4.39 Å². The van der Waals surface area contributed by atoms with Crippen LogP contribution in [0.15, 0.2) is 22.9 Å². The second-order valence-corrected chi connectivity index (χ2v) is 2.21. The average molecular weight is 152 g/mol. The SMILES string of the molecule is Nc1ccc(F)c2cnoc12. The molecule has 1 heterocycles. The molecule has 0 aliphatic heterocycles. The number of nitrogens with zero attached hydrogens (tertiary/aromatic N) is 1. The number of anilines is 1. The van der Waals surface area contributed by atoms with Crippen molar-refractivity contribution in [3.05, 3.63) is 24.1 Å². The zero-order chi connectivity index (χ0) is 7.84. The lowest BCUT2D eigenvalue weighted by molar-refractivity contribution is 0.457. The van der Waals surface area contributed by atoms with Crippen molar-refractivity contribution in [2.24, 2.45) is 0 Å². The summed E-state index contributed by atoms with van der Waals surface area (Å²) in [5.74, 6) is -0.365. The first kappa shape index (κ1) is 6.15. The average Bonchev–Trinajstić information content (AvgIpc) is 2.45. The lowest BCUT2D eigenvalue weighted by atomic mass is 10.2. The number of benzene rings is 1. The van der Waals surface area contributed by atoms with Crippen molar-refractivity contribution in [3.63, 3.8) is 0 Å². The van der Waals surface area contributed by atoms with Gasteiger partial charge in [0, 0.05) is 0 Å². The highest BCUT2D eigenvalue weighted by molar-refractivity contribution is 5.87. The molecular weight excluding hydrogens is 147 g/mol. The predicted molar refractivity (Wildman–Crippen MR) is 38.4 cm³/mol. The van der Waals surface area contributed by atoms with E-state index in [0.717, 1.165) is 0 Å². The van der Waals surface area contributed by atoms with Gasteiger partial charge in [0.1, 0.15) is 5.82 Å². The van der Waals surface area contributed by atoms with E-state index in [1.165, 1.54) is 18.3 Å². The van der Waals surface area contributed by atoms with Crippen molar-refractivity contribution in [2.75, 3.05) is 5.73 Å². The van der Waals surface area contributed by atoms with Crippen LogP contribution in [0.2, 0.25) is 0 Å². The van der Waals surface area contributed by atoms with E-state index in [2.05, 4.69) is 5.16 Å². The van der Waals surface area contributed by atoms with Gasteiger partial charge >= 0.3 is 0 Å². The van der Waals surface area contributed by atoms with Gasteiger partial charge in [-0.25, -0.2) is 4.39 Å². The number of hydrogen-bond donors (Lipinski definition) is 1. The van der Waals surface area contributed by atoms with Gasteiger partial charge in [0.25, 0.3) is 0 Å². The fraction of sp³-hybridized carbons (Fsp3) is 0. The number of fused-ring (bicyclic) bond motifs is 1. The van der Waals surface area contributed by atoms with Crippen molar-refractivity contribution in [2.45, 2.75) is 0 Å². The molecule has 0 saturated carbocycles. The van der Waals surface area contributed by atoms with Crippen LogP contribution >= 0.6 is 0 Å². The van der Waals surface area contributed by atoms with Crippen LogP contribution < -0.4 is 5.73 Å². The van der Waals surface area contributed by atoms with Gasteiger partial charge in [0.2, 0.25) is 0 Å². The largest absolute Gasteiger partial charge is 0.396 e. The lowest BCUT2D eigenvalue weighted by Gasteiger charge is -1.92. The van der Waals surface area contributed by atoms with Crippen LogP contribution in [0, 0.1) is 5.82 Å². The molecular formula is C7H5FN2O. The first-order valence-corrected chi connectivity index (χ1v) is 3.07. The zero-order valence-corrected chi connectivity index (χ0v) is 5.54. The molecule has 1 aromatic heterocycles. The Labute approximate surface area is 61.6 Å². The van der Waals surface area contributed by atoms with Crippen LogP contribution in [-0.2, 0) is 0 Å². The molecule has 1 aromatic carbocycles. The minimum absolute atomic E-state index is 0.310. The molecule has 0 aliphatic rings. The molecule has 0 unspecified atom stereocenters. The summed E-state index contributed by atoms with van der Waals surface area (Å²) in [5.41, 5.74) is 6.18. The number of halogens is 1. The van der Waals surface area contributed by atoms with Crippen molar-refractivity contribution < 1.29 is 8.91 Å². The maximum Gasteiger partial charge on any atom is 0.192 e. The molecule has 0 radical (unpaired) electrons. The molecule has 11 heavy (non-hydrogen) atoms. The maximum absolute atomic E-state index is 12.8. The van der Waals surface area contributed by atoms with E-state index >= 15 is 0 Å². The number of rotatable bonds is 0. The van der Waals surface area contributed by atoms with E-state index < -0.39 is 0 Å².